The molecule has 0 atom stereocenters. The minimum Gasteiger partial charge on any atom is -0.372 e. The molecule has 1 aliphatic rings. The van der Waals surface area contributed by atoms with Crippen LogP contribution in [0.5, 0.6) is 0 Å². The van der Waals surface area contributed by atoms with E-state index in [9.17, 15) is 0 Å². The Kier molecular flexibility index (Phi) is 1.50. The maximum Gasteiger partial charge on any atom is 0.0748 e. The zero-order chi connectivity index (χ0) is 10.5. The van der Waals surface area contributed by atoms with Gasteiger partial charge in [0.05, 0.1) is 24.2 Å². The molecule has 16 heavy (non-hydrogen) atoms. The highest BCUT2D eigenvalue weighted by Gasteiger charge is 2.17. The minimum absolute atomic E-state index is 0.730. The second kappa shape index (κ2) is 2.86. The number of hydrogen-bond acceptors (Lipinski definition) is 1. The van der Waals surface area contributed by atoms with Gasteiger partial charge in [0.1, 0.15) is 0 Å². The van der Waals surface area contributed by atoms with Crippen LogP contribution in [0.25, 0.3) is 16.4 Å². The summed E-state index contributed by atoms with van der Waals surface area (Å²) in [6.07, 6.45) is 2.13. The predicted octanol–water partition coefficient (Wildman–Crippen LogP) is 3.12. The first-order valence-corrected chi connectivity index (χ1v) is 5.52. The molecule has 3 heterocycles. The number of para-hydroxylation sites is 1. The number of fused-ring (bicyclic) bond motifs is 3. The average molecular weight is 209 g/mol. The lowest BCUT2D eigenvalue weighted by Crippen LogP contribution is -2.03. The van der Waals surface area contributed by atoms with E-state index in [-0.39, 0.29) is 0 Å². The van der Waals surface area contributed by atoms with Crippen LogP contribution in [0.4, 0.5) is 0 Å². The van der Waals surface area contributed by atoms with Gasteiger partial charge in [-0.3, -0.25) is 0 Å². The van der Waals surface area contributed by atoms with Crippen molar-refractivity contribution < 1.29 is 4.74 Å². The molecule has 2 aromatic heterocycles. The van der Waals surface area contributed by atoms with Crippen LogP contribution < -0.4 is 0 Å². The lowest BCUT2D eigenvalue weighted by Gasteiger charge is -2.13. The monoisotopic (exact) mass is 209 g/mol. The van der Waals surface area contributed by atoms with Gasteiger partial charge in [-0.15, -0.1) is 0 Å². The Morgan fingerprint density at radius 1 is 1.00 bits per heavy atom. The topological polar surface area (TPSA) is 13.6 Å². The van der Waals surface area contributed by atoms with Gasteiger partial charge < -0.3 is 9.14 Å². The third kappa shape index (κ3) is 0.902. The van der Waals surface area contributed by atoms with Crippen LogP contribution in [0.15, 0.2) is 42.6 Å². The molecule has 0 bridgehead atoms. The Labute approximate surface area is 93.1 Å². The van der Waals surface area contributed by atoms with E-state index in [1.807, 2.05) is 0 Å². The second-order valence-electron chi connectivity index (χ2n) is 4.24. The van der Waals surface area contributed by atoms with Crippen molar-refractivity contribution >= 4 is 16.4 Å². The Bertz CT molecular complexity index is 696. The van der Waals surface area contributed by atoms with Crippen molar-refractivity contribution in [3.63, 3.8) is 0 Å². The molecule has 0 saturated heterocycles. The fourth-order valence-corrected chi connectivity index (χ4v) is 2.69. The normalized spacial score (nSPS) is 14.8. The molecule has 0 unspecified atom stereocenters. The van der Waals surface area contributed by atoms with Gasteiger partial charge >= 0.3 is 0 Å². The summed E-state index contributed by atoms with van der Waals surface area (Å²) in [7, 11) is 0. The fraction of sp³-hybridized carbons (Fsp3) is 0.143. The average Bonchev–Trinajstić information content (AvgIpc) is 2.68. The molecule has 0 aliphatic carbocycles. The molecule has 2 nitrogen and oxygen atoms in total. The van der Waals surface area contributed by atoms with Crippen LogP contribution >= 0.6 is 0 Å². The summed E-state index contributed by atoms with van der Waals surface area (Å²) in [6, 6.07) is 12.8. The predicted molar refractivity (Wildman–Crippen MR) is 63.4 cm³/mol. The summed E-state index contributed by atoms with van der Waals surface area (Å²) in [4.78, 5) is 0. The van der Waals surface area contributed by atoms with Crippen molar-refractivity contribution in [3.05, 3.63) is 53.7 Å². The number of nitrogens with zero attached hydrogens (tertiary/aromatic N) is 1. The van der Waals surface area contributed by atoms with E-state index in [1.54, 1.807) is 0 Å². The highest BCUT2D eigenvalue weighted by atomic mass is 16.5. The summed E-state index contributed by atoms with van der Waals surface area (Å²) in [6.45, 7) is 1.46. The van der Waals surface area contributed by atoms with E-state index >= 15 is 0 Å². The molecule has 0 spiro atoms. The van der Waals surface area contributed by atoms with Gasteiger partial charge in [-0.2, -0.15) is 0 Å². The van der Waals surface area contributed by atoms with E-state index in [0.717, 1.165) is 13.2 Å². The number of ether oxygens (including phenoxy) is 1. The van der Waals surface area contributed by atoms with Crippen LogP contribution in [0.3, 0.4) is 0 Å². The van der Waals surface area contributed by atoms with Gasteiger partial charge in [0.15, 0.2) is 0 Å². The molecule has 0 N–H and O–H groups in total. The van der Waals surface area contributed by atoms with Crippen molar-refractivity contribution in [2.24, 2.45) is 0 Å². The lowest BCUT2D eigenvalue weighted by molar-refractivity contribution is 0.103. The lowest BCUT2D eigenvalue weighted by atomic mass is 10.1. The van der Waals surface area contributed by atoms with Crippen LogP contribution in [0.2, 0.25) is 0 Å². The van der Waals surface area contributed by atoms with Crippen molar-refractivity contribution in [2.75, 3.05) is 0 Å². The zero-order valence-corrected chi connectivity index (χ0v) is 8.81. The first-order chi connectivity index (χ1) is 7.95. The molecular formula is C14H11NO. The summed E-state index contributed by atoms with van der Waals surface area (Å²) in [5, 5.41) is 1.31. The SMILES string of the molecule is c1ccc2c(c1)c1c3c(cccn32)COC1. The maximum atomic E-state index is 5.64. The van der Waals surface area contributed by atoms with Crippen LogP contribution in [0, 0.1) is 0 Å². The third-order valence-electron chi connectivity index (χ3n) is 3.36. The summed E-state index contributed by atoms with van der Waals surface area (Å²) in [5.41, 5.74) is 5.24. The minimum atomic E-state index is 0.730. The molecule has 0 fully saturated rings. The van der Waals surface area contributed by atoms with Crippen molar-refractivity contribution in [3.8, 4) is 0 Å². The quantitative estimate of drug-likeness (QED) is 0.554. The summed E-state index contributed by atoms with van der Waals surface area (Å²) >= 11 is 0. The van der Waals surface area contributed by atoms with Gasteiger partial charge in [-0.1, -0.05) is 24.3 Å². The van der Waals surface area contributed by atoms with Gasteiger partial charge in [-0.05, 0) is 12.1 Å². The van der Waals surface area contributed by atoms with Gasteiger partial charge in [0, 0.05) is 22.7 Å². The molecule has 2 heteroatoms. The Morgan fingerprint density at radius 3 is 2.94 bits per heavy atom. The molecule has 0 saturated carbocycles. The van der Waals surface area contributed by atoms with E-state index in [4.69, 9.17) is 4.74 Å². The van der Waals surface area contributed by atoms with Gasteiger partial charge in [0.25, 0.3) is 0 Å². The molecule has 0 radical (unpaired) electrons. The standard InChI is InChI=1S/C14H11NO/c1-2-6-13-11(5-1)12-9-16-8-10-4-3-7-15(13)14(10)12/h1-7H,8-9H2. The Balaban J connectivity index is 2.36. The highest BCUT2D eigenvalue weighted by molar-refractivity contribution is 5.93. The van der Waals surface area contributed by atoms with E-state index < -0.39 is 0 Å². The fourth-order valence-electron chi connectivity index (χ4n) is 2.69. The molecule has 1 aliphatic heterocycles. The van der Waals surface area contributed by atoms with Crippen LogP contribution in [-0.4, -0.2) is 4.40 Å². The molecule has 1 aromatic carbocycles. The van der Waals surface area contributed by atoms with E-state index in [0.29, 0.717) is 0 Å². The summed E-state index contributed by atoms with van der Waals surface area (Å²) in [5.74, 6) is 0. The van der Waals surface area contributed by atoms with Gasteiger partial charge in [-0.25, -0.2) is 0 Å². The molecule has 78 valence electrons. The Morgan fingerprint density at radius 2 is 1.94 bits per heavy atom. The van der Waals surface area contributed by atoms with Crippen LogP contribution in [-0.2, 0) is 18.0 Å². The first kappa shape index (κ1) is 8.36. The zero-order valence-electron chi connectivity index (χ0n) is 8.81. The van der Waals surface area contributed by atoms with E-state index in [2.05, 4.69) is 47.0 Å². The molecular weight excluding hydrogens is 198 g/mol. The van der Waals surface area contributed by atoms with Crippen molar-refractivity contribution in [2.45, 2.75) is 13.2 Å². The highest BCUT2D eigenvalue weighted by Crippen LogP contribution is 2.32. The second-order valence-corrected chi connectivity index (χ2v) is 4.24. The Hall–Kier alpha value is -1.80. The molecule has 0 amide bonds. The number of hydrogen-bond donors (Lipinski definition) is 0. The van der Waals surface area contributed by atoms with Gasteiger partial charge in [0.2, 0.25) is 0 Å². The van der Waals surface area contributed by atoms with Crippen LogP contribution in [0.1, 0.15) is 11.1 Å². The van der Waals surface area contributed by atoms with E-state index in [1.165, 1.54) is 27.5 Å². The van der Waals surface area contributed by atoms with Crippen molar-refractivity contribution in [1.82, 2.24) is 4.40 Å². The largest absolute Gasteiger partial charge is 0.372 e. The molecule has 4 rings (SSSR count). The smallest absolute Gasteiger partial charge is 0.0748 e. The third-order valence-corrected chi connectivity index (χ3v) is 3.36. The number of pyridine rings is 1. The van der Waals surface area contributed by atoms with Crippen molar-refractivity contribution in [1.29, 1.82) is 0 Å². The molecule has 3 aromatic rings. The summed E-state index contributed by atoms with van der Waals surface area (Å²) < 4.78 is 7.92. The maximum absolute atomic E-state index is 5.64. The number of rotatable bonds is 0. The number of benzene rings is 1. The number of aromatic nitrogens is 1. The first-order valence-electron chi connectivity index (χ1n) is 5.52.